The van der Waals surface area contributed by atoms with Gasteiger partial charge >= 0.3 is 3.93 Å². The maximum absolute atomic E-state index is 12.8. The van der Waals surface area contributed by atoms with E-state index in [0.29, 0.717) is 5.56 Å². The first kappa shape index (κ1) is 10.2. The smallest absolute Gasteiger partial charge is 0.189 e. The van der Waals surface area contributed by atoms with Crippen LogP contribution in [0.4, 0.5) is 8.78 Å². The van der Waals surface area contributed by atoms with Crippen molar-refractivity contribution in [2.24, 2.45) is 0 Å². The zero-order valence-corrected chi connectivity index (χ0v) is 9.16. The van der Waals surface area contributed by atoms with Crippen molar-refractivity contribution in [1.82, 2.24) is 0 Å². The fourth-order valence-corrected chi connectivity index (χ4v) is 1.72. The molecule has 66 valence electrons. The average Bonchev–Trinajstić information content (AvgIpc) is 1.92. The molecule has 0 atom stereocenters. The van der Waals surface area contributed by atoms with Gasteiger partial charge in [0.1, 0.15) is 0 Å². The van der Waals surface area contributed by atoms with Gasteiger partial charge < -0.3 is 0 Å². The van der Waals surface area contributed by atoms with E-state index in [9.17, 15) is 8.78 Å². The lowest BCUT2D eigenvalue weighted by Gasteiger charge is -2.11. The topological polar surface area (TPSA) is 0 Å². The van der Waals surface area contributed by atoms with Gasteiger partial charge in [0, 0.05) is 28.2 Å². The summed E-state index contributed by atoms with van der Waals surface area (Å²) in [5.74, 6) is 0. The summed E-state index contributed by atoms with van der Waals surface area (Å²) in [6.07, 6.45) is 0. The van der Waals surface area contributed by atoms with Crippen LogP contribution < -0.4 is 0 Å². The molecule has 0 saturated heterocycles. The van der Waals surface area contributed by atoms with Crippen LogP contribution in [0.3, 0.4) is 0 Å². The Morgan fingerprint density at radius 1 is 1.42 bits per heavy atom. The van der Waals surface area contributed by atoms with Crippen LogP contribution in [0.1, 0.15) is 11.1 Å². The number of aryl methyl sites for hydroxylation is 1. The van der Waals surface area contributed by atoms with Crippen LogP contribution in [0.25, 0.3) is 0 Å². The Morgan fingerprint density at radius 2 is 2.00 bits per heavy atom. The Labute approximate surface area is 88.1 Å². The SMILES string of the molecule is Cc1cccc(C(F)(F)I)c1Cl. The average molecular weight is 302 g/mol. The number of rotatable bonds is 1. The third-order valence-corrected chi connectivity index (χ3v) is 2.58. The fourth-order valence-electron chi connectivity index (χ4n) is 0.866. The molecule has 12 heavy (non-hydrogen) atoms. The summed E-state index contributed by atoms with van der Waals surface area (Å²) in [7, 11) is 0. The van der Waals surface area contributed by atoms with Crippen LogP contribution in [-0.2, 0) is 3.93 Å². The summed E-state index contributed by atoms with van der Waals surface area (Å²) >= 11 is 6.76. The Hall–Kier alpha value is 0.1000. The predicted molar refractivity (Wildman–Crippen MR) is 54.1 cm³/mol. The standard InChI is InChI=1S/C8H6ClF2I/c1-5-3-2-4-6(7(5)9)8(10,11)12/h2-4H,1H3. The first-order chi connectivity index (χ1) is 5.43. The van der Waals surface area contributed by atoms with E-state index >= 15 is 0 Å². The molecule has 0 saturated carbocycles. The van der Waals surface area contributed by atoms with Crippen LogP contribution >= 0.6 is 34.2 Å². The normalized spacial score (nSPS) is 11.8. The third kappa shape index (κ3) is 2.07. The van der Waals surface area contributed by atoms with E-state index in [1.807, 2.05) is 0 Å². The lowest BCUT2D eigenvalue weighted by molar-refractivity contribution is 0.127. The maximum atomic E-state index is 12.8. The molecular weight excluding hydrogens is 296 g/mol. The van der Waals surface area contributed by atoms with Crippen molar-refractivity contribution in [3.8, 4) is 0 Å². The molecule has 0 N–H and O–H groups in total. The van der Waals surface area contributed by atoms with Gasteiger partial charge in [-0.1, -0.05) is 29.8 Å². The summed E-state index contributed by atoms with van der Waals surface area (Å²) in [5.41, 5.74) is 0.551. The summed E-state index contributed by atoms with van der Waals surface area (Å²) < 4.78 is 22.7. The van der Waals surface area contributed by atoms with E-state index in [-0.39, 0.29) is 10.6 Å². The minimum Gasteiger partial charge on any atom is -0.189 e. The largest absolute Gasteiger partial charge is 0.323 e. The lowest BCUT2D eigenvalue weighted by atomic mass is 10.1. The van der Waals surface area contributed by atoms with Gasteiger partial charge in [-0.2, -0.15) is 8.78 Å². The van der Waals surface area contributed by atoms with Gasteiger partial charge in [-0.3, -0.25) is 0 Å². The van der Waals surface area contributed by atoms with Crippen LogP contribution in [0.2, 0.25) is 5.02 Å². The van der Waals surface area contributed by atoms with Crippen molar-refractivity contribution in [2.75, 3.05) is 0 Å². The van der Waals surface area contributed by atoms with Gasteiger partial charge in [0.05, 0.1) is 5.02 Å². The molecule has 0 fully saturated rings. The molecule has 0 bridgehead atoms. The number of halogens is 4. The Balaban J connectivity index is 3.26. The molecule has 0 spiro atoms. The van der Waals surface area contributed by atoms with E-state index in [2.05, 4.69) is 0 Å². The summed E-state index contributed by atoms with van der Waals surface area (Å²) in [4.78, 5) is 0. The highest BCUT2D eigenvalue weighted by molar-refractivity contribution is 14.1. The first-order valence-corrected chi connectivity index (χ1v) is 4.71. The minimum atomic E-state index is -2.89. The molecular formula is C8H6ClF2I. The van der Waals surface area contributed by atoms with Crippen LogP contribution in [0.15, 0.2) is 18.2 Å². The van der Waals surface area contributed by atoms with Gasteiger partial charge in [-0.25, -0.2) is 0 Å². The Morgan fingerprint density at radius 3 is 2.42 bits per heavy atom. The Bertz CT molecular complexity index is 294. The van der Waals surface area contributed by atoms with Gasteiger partial charge in [0.15, 0.2) is 0 Å². The monoisotopic (exact) mass is 302 g/mol. The molecule has 4 heteroatoms. The van der Waals surface area contributed by atoms with Crippen molar-refractivity contribution in [1.29, 1.82) is 0 Å². The molecule has 1 aromatic carbocycles. The van der Waals surface area contributed by atoms with Gasteiger partial charge in [0.25, 0.3) is 0 Å². The summed E-state index contributed by atoms with van der Waals surface area (Å²) in [6, 6.07) is 4.61. The second kappa shape index (κ2) is 3.46. The van der Waals surface area contributed by atoms with Crippen molar-refractivity contribution < 1.29 is 8.78 Å². The van der Waals surface area contributed by atoms with E-state index in [1.54, 1.807) is 19.1 Å². The zero-order valence-electron chi connectivity index (χ0n) is 6.24. The highest BCUT2D eigenvalue weighted by Crippen LogP contribution is 2.39. The molecule has 0 unspecified atom stereocenters. The highest BCUT2D eigenvalue weighted by Gasteiger charge is 2.29. The highest BCUT2D eigenvalue weighted by atomic mass is 127. The third-order valence-electron chi connectivity index (χ3n) is 1.50. The van der Waals surface area contributed by atoms with E-state index < -0.39 is 3.93 Å². The van der Waals surface area contributed by atoms with Gasteiger partial charge in [-0.05, 0) is 12.5 Å². The molecule has 0 aliphatic carbocycles. The maximum Gasteiger partial charge on any atom is 0.323 e. The first-order valence-electron chi connectivity index (χ1n) is 3.25. The summed E-state index contributed by atoms with van der Waals surface area (Å²) in [6.45, 7) is 1.70. The zero-order chi connectivity index (χ0) is 9.35. The van der Waals surface area contributed by atoms with Crippen molar-refractivity contribution in [3.63, 3.8) is 0 Å². The molecule has 0 aromatic heterocycles. The minimum absolute atomic E-state index is 0.121. The molecule has 1 aromatic rings. The van der Waals surface area contributed by atoms with Crippen LogP contribution in [-0.4, -0.2) is 0 Å². The second-order valence-electron chi connectivity index (χ2n) is 2.43. The Kier molecular flexibility index (Phi) is 2.93. The molecule has 0 aliphatic heterocycles. The number of alkyl halides is 3. The van der Waals surface area contributed by atoms with E-state index in [1.165, 1.54) is 6.07 Å². The second-order valence-corrected chi connectivity index (χ2v) is 4.17. The fraction of sp³-hybridized carbons (Fsp3) is 0.250. The predicted octanol–water partition coefficient (Wildman–Crippen LogP) is 4.13. The van der Waals surface area contributed by atoms with Crippen LogP contribution in [0, 0.1) is 6.92 Å². The summed E-state index contributed by atoms with van der Waals surface area (Å²) in [5, 5.41) is 0.150. The molecule has 1 rings (SSSR count). The van der Waals surface area contributed by atoms with Crippen molar-refractivity contribution in [3.05, 3.63) is 34.3 Å². The molecule has 0 nitrogen and oxygen atoms in total. The van der Waals surface area contributed by atoms with Crippen molar-refractivity contribution >= 4 is 34.2 Å². The van der Waals surface area contributed by atoms with E-state index in [0.717, 1.165) is 22.6 Å². The van der Waals surface area contributed by atoms with Crippen molar-refractivity contribution in [2.45, 2.75) is 10.9 Å². The van der Waals surface area contributed by atoms with Crippen LogP contribution in [0.5, 0.6) is 0 Å². The molecule has 0 amide bonds. The lowest BCUT2D eigenvalue weighted by Crippen LogP contribution is -2.03. The quantitative estimate of drug-likeness (QED) is 0.540. The molecule has 0 aliphatic rings. The number of hydrogen-bond acceptors (Lipinski definition) is 0. The molecule has 0 heterocycles. The molecule has 0 radical (unpaired) electrons. The van der Waals surface area contributed by atoms with Gasteiger partial charge in [-0.15, -0.1) is 0 Å². The van der Waals surface area contributed by atoms with Gasteiger partial charge in [0.2, 0.25) is 0 Å². The number of hydrogen-bond donors (Lipinski definition) is 0. The number of benzene rings is 1. The van der Waals surface area contributed by atoms with E-state index in [4.69, 9.17) is 11.6 Å².